The van der Waals surface area contributed by atoms with Crippen LogP contribution in [-0.2, 0) is 18.7 Å². The molecule has 0 radical (unpaired) electrons. The molecule has 2 heterocycles. The number of hydrogen-bond donors (Lipinski definition) is 1. The molecule has 2 aromatic heterocycles. The van der Waals surface area contributed by atoms with Crippen LogP contribution in [-0.4, -0.2) is 39.6 Å². The smallest absolute Gasteiger partial charge is 0.390 e. The maximum absolute atomic E-state index is 14.2. The van der Waals surface area contributed by atoms with Gasteiger partial charge in [0.1, 0.15) is 24.1 Å². The first-order valence-corrected chi connectivity index (χ1v) is 6.81. The average Bonchev–Trinajstić information content (AvgIpc) is 3.19. The minimum absolute atomic E-state index is 0.0126. The second-order valence-corrected chi connectivity index (χ2v) is 5.10. The highest BCUT2D eigenvalue weighted by Crippen LogP contribution is 2.27. The maximum Gasteiger partial charge on any atom is 0.490 e. The van der Waals surface area contributed by atoms with Gasteiger partial charge in [0.15, 0.2) is 0 Å². The summed E-state index contributed by atoms with van der Waals surface area (Å²) < 4.78 is 16.6. The molecule has 0 aliphatic carbocycles. The Hall–Kier alpha value is -3.21. The van der Waals surface area contributed by atoms with Crippen molar-refractivity contribution in [2.24, 2.45) is 0 Å². The summed E-state index contributed by atoms with van der Waals surface area (Å²) in [5.74, 6) is -1.22. The number of aliphatic hydroxyl groups is 1. The first-order valence-electron chi connectivity index (χ1n) is 6.81. The Balaban J connectivity index is 1.97. The highest BCUT2D eigenvalue weighted by Gasteiger charge is 2.35. The molecule has 11 heteroatoms. The van der Waals surface area contributed by atoms with Gasteiger partial charge in [-0.05, 0) is 11.0 Å². The van der Waals surface area contributed by atoms with E-state index in [1.54, 1.807) is 6.07 Å². The zero-order chi connectivity index (χ0) is 17.2. The van der Waals surface area contributed by atoms with Gasteiger partial charge in [-0.3, -0.25) is 0 Å². The summed E-state index contributed by atoms with van der Waals surface area (Å²) in [5, 5.41) is 29.3. The number of aromatic nitrogens is 6. The van der Waals surface area contributed by atoms with Crippen molar-refractivity contribution in [2.75, 3.05) is 0 Å². The molecule has 0 spiro atoms. The van der Waals surface area contributed by atoms with Crippen LogP contribution in [0.5, 0.6) is 0 Å². The lowest BCUT2D eigenvalue weighted by Gasteiger charge is -2.27. The Labute approximate surface area is 134 Å². The number of rotatable bonds is 6. The maximum atomic E-state index is 14.2. The fraction of sp³-hybridized carbons (Fsp3) is 0.231. The molecule has 0 bridgehead atoms. The van der Waals surface area contributed by atoms with Crippen molar-refractivity contribution in [1.82, 2.24) is 29.5 Å². The van der Waals surface area contributed by atoms with Crippen molar-refractivity contribution < 1.29 is 14.4 Å². The molecule has 0 aliphatic rings. The van der Waals surface area contributed by atoms with Crippen LogP contribution in [0.2, 0.25) is 0 Å². The van der Waals surface area contributed by atoms with E-state index in [1.807, 2.05) is 0 Å². The van der Waals surface area contributed by atoms with Gasteiger partial charge in [-0.25, -0.2) is 14.1 Å². The number of halogens is 1. The molecule has 0 aliphatic heterocycles. The first kappa shape index (κ1) is 15.7. The third-order valence-corrected chi connectivity index (χ3v) is 3.38. The van der Waals surface area contributed by atoms with Crippen LogP contribution in [0.4, 0.5) is 10.3 Å². The molecule has 1 atom stereocenters. The van der Waals surface area contributed by atoms with E-state index < -0.39 is 22.3 Å². The summed E-state index contributed by atoms with van der Waals surface area (Å²) in [6.07, 6.45) is 3.75. The van der Waals surface area contributed by atoms with Gasteiger partial charge in [-0.2, -0.15) is 9.78 Å². The zero-order valence-electron chi connectivity index (χ0n) is 12.2. The van der Waals surface area contributed by atoms with E-state index in [0.717, 1.165) is 11.0 Å². The van der Waals surface area contributed by atoms with Crippen LogP contribution in [0.3, 0.4) is 0 Å². The number of hydrogen-bond acceptors (Lipinski definition) is 7. The predicted molar refractivity (Wildman–Crippen MR) is 77.0 cm³/mol. The van der Waals surface area contributed by atoms with E-state index in [1.165, 1.54) is 35.5 Å². The summed E-state index contributed by atoms with van der Waals surface area (Å²) in [6, 6.07) is 5.71. The molecule has 1 unspecified atom stereocenters. The predicted octanol–water partition coefficient (Wildman–Crippen LogP) is 0.505. The molecule has 1 N–H and O–H groups in total. The lowest BCUT2D eigenvalue weighted by molar-refractivity contribution is -0.394. The van der Waals surface area contributed by atoms with Crippen LogP contribution in [0, 0.1) is 15.9 Å². The monoisotopic (exact) mass is 333 g/mol. The van der Waals surface area contributed by atoms with Gasteiger partial charge >= 0.3 is 5.95 Å². The fourth-order valence-electron chi connectivity index (χ4n) is 2.35. The van der Waals surface area contributed by atoms with E-state index in [9.17, 15) is 19.6 Å². The molecule has 10 nitrogen and oxygen atoms in total. The van der Waals surface area contributed by atoms with Crippen molar-refractivity contribution >= 4 is 5.95 Å². The molecule has 0 amide bonds. The quantitative estimate of drug-likeness (QED) is 0.514. The summed E-state index contributed by atoms with van der Waals surface area (Å²) >= 11 is 0. The highest BCUT2D eigenvalue weighted by atomic mass is 19.1. The van der Waals surface area contributed by atoms with E-state index in [2.05, 4.69) is 20.2 Å². The summed E-state index contributed by atoms with van der Waals surface area (Å²) in [4.78, 5) is 17.2. The summed E-state index contributed by atoms with van der Waals surface area (Å²) in [6.45, 7) is -0.379. The second kappa shape index (κ2) is 6.12. The number of nitro groups is 1. The van der Waals surface area contributed by atoms with Crippen molar-refractivity contribution in [1.29, 1.82) is 0 Å². The van der Waals surface area contributed by atoms with Crippen LogP contribution in [0.15, 0.2) is 43.2 Å². The first-order chi connectivity index (χ1) is 11.5. The van der Waals surface area contributed by atoms with E-state index in [0.29, 0.717) is 0 Å². The van der Waals surface area contributed by atoms with Gasteiger partial charge in [-0.1, -0.05) is 23.2 Å². The van der Waals surface area contributed by atoms with Gasteiger partial charge in [0, 0.05) is 10.7 Å². The third kappa shape index (κ3) is 3.10. The van der Waals surface area contributed by atoms with Crippen LogP contribution >= 0.6 is 0 Å². The fourth-order valence-corrected chi connectivity index (χ4v) is 2.35. The molecule has 3 aromatic rings. The molecular weight excluding hydrogens is 321 g/mol. The van der Waals surface area contributed by atoms with Gasteiger partial charge in [0.2, 0.25) is 6.33 Å². The van der Waals surface area contributed by atoms with Gasteiger partial charge < -0.3 is 15.2 Å². The number of benzene rings is 1. The largest absolute Gasteiger partial charge is 0.490 e. The molecule has 3 rings (SSSR count). The topological polar surface area (TPSA) is 125 Å². The normalized spacial score (nSPS) is 13.6. The van der Waals surface area contributed by atoms with Crippen molar-refractivity contribution in [3.05, 3.63) is 64.7 Å². The third-order valence-electron chi connectivity index (χ3n) is 3.38. The number of nitrogens with zero attached hydrogens (tertiary/aromatic N) is 7. The molecular formula is C13H12FN7O3. The summed E-state index contributed by atoms with van der Waals surface area (Å²) in [7, 11) is 0. The van der Waals surface area contributed by atoms with Crippen LogP contribution < -0.4 is 0 Å². The Morgan fingerprint density at radius 2 is 2.00 bits per heavy atom. The van der Waals surface area contributed by atoms with Crippen molar-refractivity contribution in [3.63, 3.8) is 0 Å². The van der Waals surface area contributed by atoms with E-state index in [4.69, 9.17) is 0 Å². The molecule has 0 saturated heterocycles. The van der Waals surface area contributed by atoms with Gasteiger partial charge in [0.25, 0.3) is 0 Å². The second-order valence-electron chi connectivity index (χ2n) is 5.10. The molecule has 1 aromatic carbocycles. The highest BCUT2D eigenvalue weighted by molar-refractivity contribution is 5.24. The minimum Gasteiger partial charge on any atom is -0.390 e. The molecule has 0 saturated carbocycles. The van der Waals surface area contributed by atoms with Gasteiger partial charge in [-0.15, -0.1) is 0 Å². The zero-order valence-corrected chi connectivity index (χ0v) is 12.2. The molecule has 0 fully saturated rings. The van der Waals surface area contributed by atoms with Crippen molar-refractivity contribution in [2.45, 2.75) is 18.7 Å². The van der Waals surface area contributed by atoms with E-state index in [-0.39, 0.29) is 18.7 Å². The van der Waals surface area contributed by atoms with E-state index >= 15 is 0 Å². The molecule has 24 heavy (non-hydrogen) atoms. The van der Waals surface area contributed by atoms with Crippen molar-refractivity contribution in [3.8, 4) is 0 Å². The van der Waals surface area contributed by atoms with Crippen LogP contribution in [0.1, 0.15) is 5.56 Å². The lowest BCUT2D eigenvalue weighted by Crippen LogP contribution is -2.37. The Morgan fingerprint density at radius 1 is 1.25 bits per heavy atom. The van der Waals surface area contributed by atoms with Gasteiger partial charge in [0.05, 0.1) is 13.1 Å². The van der Waals surface area contributed by atoms with Crippen LogP contribution in [0.25, 0.3) is 0 Å². The summed E-state index contributed by atoms with van der Waals surface area (Å²) in [5.41, 5.74) is -1.75. The average molecular weight is 333 g/mol. The molecule has 124 valence electrons. The Kier molecular flexibility index (Phi) is 4.00. The standard InChI is InChI=1S/C13H12FN7O3/c14-11-4-2-1-3-10(11)13(22,5-19-8-15-7-17-19)6-20-9-16-12(18-20)21(23)24/h1-4,7-9,22H,5-6H2. The lowest BCUT2D eigenvalue weighted by atomic mass is 9.93. The SMILES string of the molecule is O=[N+]([O-])c1ncn(CC(O)(Cn2cncn2)c2ccccc2F)n1. The Morgan fingerprint density at radius 3 is 2.62 bits per heavy atom. The minimum atomic E-state index is -1.76. The Bertz CT molecular complexity index is 851.